The summed E-state index contributed by atoms with van der Waals surface area (Å²) in [6.07, 6.45) is 0. The molecule has 0 saturated carbocycles. The SMILES string of the molecule is Brc1cc(C(Br)(Br)c2c(Br)c(Br)c(Br)c(Br)c2Br)c(Br)c(Br)c1Br. The van der Waals surface area contributed by atoms with Crippen LogP contribution in [-0.4, -0.2) is 0 Å². The smallest absolute Gasteiger partial charge is 0.0619 e. The standard InChI is InChI=1S/C13HBr11/c14-3-1-2(5(15)9(19)6(3)16)13(23,24)4-7(17)10(20)12(22)11(21)8(4)18/h1H. The van der Waals surface area contributed by atoms with Crippen molar-refractivity contribution in [2.75, 3.05) is 0 Å². The van der Waals surface area contributed by atoms with Gasteiger partial charge < -0.3 is 0 Å². The van der Waals surface area contributed by atoms with E-state index < -0.39 is 3.23 Å². The summed E-state index contributed by atoms with van der Waals surface area (Å²) >= 11 is 40.3. The highest BCUT2D eigenvalue weighted by molar-refractivity contribution is 9.25. The van der Waals surface area contributed by atoms with Crippen LogP contribution in [0.25, 0.3) is 0 Å². The van der Waals surface area contributed by atoms with Crippen LogP contribution in [0.1, 0.15) is 11.1 Å². The Labute approximate surface area is 231 Å². The molecule has 2 aromatic carbocycles. The van der Waals surface area contributed by atoms with Crippen LogP contribution in [0, 0.1) is 0 Å². The Balaban J connectivity index is 2.88. The van der Waals surface area contributed by atoms with E-state index in [1.54, 1.807) is 0 Å². The Hall–Kier alpha value is 3.72. The van der Waals surface area contributed by atoms with Gasteiger partial charge in [-0.25, -0.2) is 0 Å². The molecular weight excluding hydrogens is 1040 g/mol. The zero-order chi connectivity index (χ0) is 18.6. The van der Waals surface area contributed by atoms with Gasteiger partial charge in [-0.2, -0.15) is 0 Å². The van der Waals surface area contributed by atoms with Crippen LogP contribution in [0.2, 0.25) is 0 Å². The van der Waals surface area contributed by atoms with Gasteiger partial charge in [-0.1, -0.05) is 31.9 Å². The highest BCUT2D eigenvalue weighted by atomic mass is 79.9. The Kier molecular flexibility index (Phi) is 9.24. The minimum atomic E-state index is -0.673. The van der Waals surface area contributed by atoms with Gasteiger partial charge in [0, 0.05) is 51.4 Å². The third-order valence-corrected chi connectivity index (χ3v) is 15.4. The van der Waals surface area contributed by atoms with Crippen LogP contribution in [0.15, 0.2) is 46.3 Å². The first-order valence-corrected chi connectivity index (χ1v) is 14.4. The molecule has 0 spiro atoms. The van der Waals surface area contributed by atoms with Gasteiger partial charge >= 0.3 is 0 Å². The fourth-order valence-corrected chi connectivity index (χ4v) is 10.8. The van der Waals surface area contributed by atoms with Gasteiger partial charge in [0.25, 0.3) is 0 Å². The topological polar surface area (TPSA) is 0 Å². The van der Waals surface area contributed by atoms with Crippen LogP contribution in [0.3, 0.4) is 0 Å². The lowest BCUT2D eigenvalue weighted by atomic mass is 10.0. The van der Waals surface area contributed by atoms with Gasteiger partial charge in [-0.05, 0) is 149 Å². The van der Waals surface area contributed by atoms with E-state index in [9.17, 15) is 0 Å². The molecule has 0 N–H and O–H groups in total. The maximum Gasteiger partial charge on any atom is 0.134 e. The summed E-state index contributed by atoms with van der Waals surface area (Å²) in [6, 6.07) is 2.03. The molecule has 0 fully saturated rings. The molecule has 0 aliphatic carbocycles. The lowest BCUT2D eigenvalue weighted by Crippen LogP contribution is -2.15. The van der Waals surface area contributed by atoms with E-state index in [4.69, 9.17) is 0 Å². The van der Waals surface area contributed by atoms with Gasteiger partial charge in [-0.3, -0.25) is 0 Å². The summed E-state index contributed by atoms with van der Waals surface area (Å²) in [5.74, 6) is 0. The second-order valence-electron chi connectivity index (χ2n) is 4.37. The summed E-state index contributed by atoms with van der Waals surface area (Å²) in [7, 11) is 0. The van der Waals surface area contributed by atoms with Crippen molar-refractivity contribution in [1.29, 1.82) is 0 Å². The van der Waals surface area contributed by atoms with Gasteiger partial charge in [0.05, 0.1) is 0 Å². The zero-order valence-electron chi connectivity index (χ0n) is 10.7. The predicted octanol–water partition coefficient (Wildman–Crippen LogP) is 11.5. The molecule has 24 heavy (non-hydrogen) atoms. The van der Waals surface area contributed by atoms with Crippen molar-refractivity contribution in [3.05, 3.63) is 57.4 Å². The van der Waals surface area contributed by atoms with E-state index in [1.165, 1.54) is 0 Å². The molecule has 0 aromatic heterocycles. The molecule has 0 bridgehead atoms. The van der Waals surface area contributed by atoms with E-state index in [0.29, 0.717) is 0 Å². The van der Waals surface area contributed by atoms with E-state index >= 15 is 0 Å². The quantitative estimate of drug-likeness (QED) is 0.160. The zero-order valence-corrected chi connectivity index (χ0v) is 28.2. The van der Waals surface area contributed by atoms with Crippen LogP contribution < -0.4 is 0 Å². The number of halogens is 11. The Morgan fingerprint density at radius 2 is 0.875 bits per heavy atom. The van der Waals surface area contributed by atoms with Crippen molar-refractivity contribution in [2.45, 2.75) is 3.23 Å². The molecule has 11 heteroatoms. The number of rotatable bonds is 2. The maximum atomic E-state index is 3.85. The second kappa shape index (κ2) is 9.25. The van der Waals surface area contributed by atoms with Crippen molar-refractivity contribution in [1.82, 2.24) is 0 Å². The molecule has 130 valence electrons. The summed E-state index contributed by atoms with van der Waals surface area (Å²) in [6.45, 7) is 0. The van der Waals surface area contributed by atoms with E-state index in [0.717, 1.165) is 51.4 Å². The average Bonchev–Trinajstić information content (AvgIpc) is 2.52. The lowest BCUT2D eigenvalue weighted by Gasteiger charge is -2.28. The molecule has 0 aliphatic heterocycles. The van der Waals surface area contributed by atoms with Crippen LogP contribution in [0.4, 0.5) is 0 Å². The van der Waals surface area contributed by atoms with E-state index in [1.807, 2.05) is 6.07 Å². The lowest BCUT2D eigenvalue weighted by molar-refractivity contribution is 1.06. The molecule has 0 amide bonds. The molecule has 0 aliphatic rings. The monoisotopic (exact) mass is 1030 g/mol. The van der Waals surface area contributed by atoms with Crippen molar-refractivity contribution in [3.8, 4) is 0 Å². The fourth-order valence-electron chi connectivity index (χ4n) is 1.82. The third kappa shape index (κ3) is 4.41. The van der Waals surface area contributed by atoms with Gasteiger partial charge in [0.1, 0.15) is 3.23 Å². The van der Waals surface area contributed by atoms with Crippen molar-refractivity contribution < 1.29 is 0 Å². The van der Waals surface area contributed by atoms with Crippen LogP contribution >= 0.6 is 175 Å². The number of hydrogen-bond donors (Lipinski definition) is 0. The number of hydrogen-bond acceptors (Lipinski definition) is 0. The first kappa shape index (κ1) is 24.0. The molecule has 2 aromatic rings. The van der Waals surface area contributed by atoms with Gasteiger partial charge in [0.15, 0.2) is 0 Å². The van der Waals surface area contributed by atoms with Crippen molar-refractivity contribution >= 4 is 175 Å². The Bertz CT molecular complexity index is 812. The molecule has 0 nitrogen and oxygen atoms in total. The van der Waals surface area contributed by atoms with E-state index in [2.05, 4.69) is 175 Å². The van der Waals surface area contributed by atoms with E-state index in [-0.39, 0.29) is 0 Å². The van der Waals surface area contributed by atoms with Gasteiger partial charge in [-0.15, -0.1) is 0 Å². The first-order valence-electron chi connectivity index (χ1n) is 5.66. The number of benzene rings is 2. The Morgan fingerprint density at radius 1 is 0.500 bits per heavy atom. The highest BCUT2D eigenvalue weighted by Gasteiger charge is 2.37. The average molecular weight is 1040 g/mol. The number of alkyl halides is 2. The molecule has 0 heterocycles. The fraction of sp³-hybridized carbons (Fsp3) is 0.0769. The maximum absolute atomic E-state index is 3.85. The van der Waals surface area contributed by atoms with Crippen LogP contribution in [-0.2, 0) is 3.23 Å². The summed E-state index contributed by atoms with van der Waals surface area (Å²) in [5, 5.41) is 0. The van der Waals surface area contributed by atoms with Gasteiger partial charge in [0.2, 0.25) is 0 Å². The summed E-state index contributed by atoms with van der Waals surface area (Å²) in [5.41, 5.74) is 1.94. The predicted molar refractivity (Wildman–Crippen MR) is 141 cm³/mol. The minimum absolute atomic E-state index is 0.673. The third-order valence-electron chi connectivity index (χ3n) is 2.96. The first-order chi connectivity index (χ1) is 10.9. The summed E-state index contributed by atoms with van der Waals surface area (Å²) in [4.78, 5) is 0. The van der Waals surface area contributed by atoms with Crippen LogP contribution in [0.5, 0.6) is 0 Å². The van der Waals surface area contributed by atoms with Crippen molar-refractivity contribution in [2.24, 2.45) is 0 Å². The largest absolute Gasteiger partial charge is 0.134 e. The second-order valence-corrected chi connectivity index (χ2v) is 15.0. The highest BCUT2D eigenvalue weighted by Crippen LogP contribution is 2.58. The molecule has 2 rings (SSSR count). The normalized spacial score (nSPS) is 12.0. The molecule has 0 unspecified atom stereocenters. The van der Waals surface area contributed by atoms with Crippen molar-refractivity contribution in [3.63, 3.8) is 0 Å². The minimum Gasteiger partial charge on any atom is -0.0619 e. The molecule has 0 radical (unpaired) electrons. The Morgan fingerprint density at radius 3 is 1.33 bits per heavy atom. The molecule has 0 saturated heterocycles. The molecular formula is C13HBr11. The summed E-state index contributed by atoms with van der Waals surface area (Å²) < 4.78 is 7.55. The molecule has 0 atom stereocenters.